The maximum atomic E-state index is 5.90. The molecule has 0 aliphatic heterocycles. The maximum Gasteiger partial charge on any atom is 0.115 e. The van der Waals surface area contributed by atoms with Gasteiger partial charge in [0.25, 0.3) is 0 Å². The van der Waals surface area contributed by atoms with Crippen molar-refractivity contribution in [2.75, 3.05) is 13.7 Å². The molecule has 1 aromatic heterocycles. The summed E-state index contributed by atoms with van der Waals surface area (Å²) in [6.07, 6.45) is 5.31. The van der Waals surface area contributed by atoms with E-state index in [0.29, 0.717) is 6.61 Å². The molecule has 1 N–H and O–H groups in total. The quantitative estimate of drug-likeness (QED) is 0.852. The van der Waals surface area contributed by atoms with Gasteiger partial charge in [0.1, 0.15) is 6.33 Å². The van der Waals surface area contributed by atoms with Gasteiger partial charge in [-0.25, -0.2) is 9.97 Å². The third-order valence-electron chi connectivity index (χ3n) is 2.75. The lowest BCUT2D eigenvalue weighted by atomic mass is 9.82. The summed E-state index contributed by atoms with van der Waals surface area (Å²) in [6, 6.07) is 0.108. The van der Waals surface area contributed by atoms with Gasteiger partial charge in [0.05, 0.1) is 12.1 Å². The third kappa shape index (κ3) is 3.75. The van der Waals surface area contributed by atoms with Crippen LogP contribution in [0.3, 0.4) is 0 Å². The molecule has 0 amide bonds. The second-order valence-electron chi connectivity index (χ2n) is 5.18. The van der Waals surface area contributed by atoms with Crippen molar-refractivity contribution in [1.29, 1.82) is 0 Å². The molecule has 0 radical (unpaired) electrons. The van der Waals surface area contributed by atoms with Crippen LogP contribution in [-0.4, -0.2) is 29.7 Å². The summed E-state index contributed by atoms with van der Waals surface area (Å²) in [7, 11) is 1.94. The molecule has 4 nitrogen and oxygen atoms in total. The number of ether oxygens (including phenoxy) is 1. The average molecular weight is 237 g/mol. The Morgan fingerprint density at radius 2 is 1.88 bits per heavy atom. The van der Waals surface area contributed by atoms with Crippen LogP contribution in [0.5, 0.6) is 0 Å². The lowest BCUT2D eigenvalue weighted by Gasteiger charge is -2.36. The van der Waals surface area contributed by atoms with Crippen LogP contribution in [0.15, 0.2) is 18.7 Å². The highest BCUT2D eigenvalue weighted by atomic mass is 16.5. The van der Waals surface area contributed by atoms with Crippen LogP contribution >= 0.6 is 0 Å². The van der Waals surface area contributed by atoms with E-state index in [0.717, 1.165) is 5.56 Å². The van der Waals surface area contributed by atoms with Crippen LogP contribution in [0.4, 0.5) is 0 Å². The Hall–Kier alpha value is -1.00. The zero-order valence-electron chi connectivity index (χ0n) is 11.4. The van der Waals surface area contributed by atoms with Gasteiger partial charge in [0.15, 0.2) is 0 Å². The minimum Gasteiger partial charge on any atom is -0.376 e. The van der Waals surface area contributed by atoms with Gasteiger partial charge in [-0.15, -0.1) is 0 Å². The number of aromatic nitrogens is 2. The molecule has 0 bridgehead atoms. The van der Waals surface area contributed by atoms with Crippen molar-refractivity contribution in [3.05, 3.63) is 24.3 Å². The molecule has 1 heterocycles. The van der Waals surface area contributed by atoms with E-state index in [9.17, 15) is 0 Å². The van der Waals surface area contributed by atoms with Crippen LogP contribution in [0.25, 0.3) is 0 Å². The largest absolute Gasteiger partial charge is 0.376 e. The highest BCUT2D eigenvalue weighted by molar-refractivity contribution is 5.12. The van der Waals surface area contributed by atoms with E-state index < -0.39 is 0 Å². The van der Waals surface area contributed by atoms with Crippen molar-refractivity contribution >= 4 is 0 Å². The molecule has 4 heteroatoms. The first-order chi connectivity index (χ1) is 8.00. The van der Waals surface area contributed by atoms with E-state index in [-0.39, 0.29) is 17.6 Å². The molecule has 1 aromatic rings. The Morgan fingerprint density at radius 1 is 1.29 bits per heavy atom. The first kappa shape index (κ1) is 14.1. The molecule has 0 saturated heterocycles. The zero-order chi connectivity index (χ0) is 12.9. The Labute approximate surface area is 104 Å². The first-order valence-electron chi connectivity index (χ1n) is 6.04. The van der Waals surface area contributed by atoms with Crippen molar-refractivity contribution in [2.45, 2.75) is 39.8 Å². The summed E-state index contributed by atoms with van der Waals surface area (Å²) in [5.74, 6) is 0. The predicted molar refractivity (Wildman–Crippen MR) is 68.7 cm³/mol. The molecular weight excluding hydrogens is 214 g/mol. The summed E-state index contributed by atoms with van der Waals surface area (Å²) >= 11 is 0. The topological polar surface area (TPSA) is 47.0 Å². The lowest BCUT2D eigenvalue weighted by Crippen LogP contribution is -2.41. The minimum atomic E-state index is 0.0551. The summed E-state index contributed by atoms with van der Waals surface area (Å²) in [5.41, 5.74) is 1.11. The van der Waals surface area contributed by atoms with Crippen molar-refractivity contribution < 1.29 is 4.74 Å². The average Bonchev–Trinajstić information content (AvgIpc) is 2.29. The van der Waals surface area contributed by atoms with Crippen molar-refractivity contribution in [1.82, 2.24) is 15.3 Å². The Balaban J connectivity index is 2.98. The highest BCUT2D eigenvalue weighted by Gasteiger charge is 2.33. The second kappa shape index (κ2) is 6.07. The van der Waals surface area contributed by atoms with Gasteiger partial charge in [-0.1, -0.05) is 20.8 Å². The third-order valence-corrected chi connectivity index (χ3v) is 2.75. The molecule has 0 aromatic carbocycles. The number of nitrogens with zero attached hydrogens (tertiary/aromatic N) is 2. The van der Waals surface area contributed by atoms with Crippen molar-refractivity contribution in [3.8, 4) is 0 Å². The van der Waals surface area contributed by atoms with Gasteiger partial charge in [0, 0.05) is 24.6 Å². The van der Waals surface area contributed by atoms with E-state index in [2.05, 4.69) is 36.1 Å². The van der Waals surface area contributed by atoms with Crippen molar-refractivity contribution in [2.24, 2.45) is 5.41 Å². The van der Waals surface area contributed by atoms with Crippen LogP contribution in [0.2, 0.25) is 0 Å². The van der Waals surface area contributed by atoms with Gasteiger partial charge in [-0.05, 0) is 19.4 Å². The number of likely N-dealkylation sites (N-methyl/N-ethyl adjacent to an activating group) is 1. The fourth-order valence-corrected chi connectivity index (χ4v) is 1.99. The Kier molecular flexibility index (Phi) is 5.02. The maximum absolute atomic E-state index is 5.90. The molecule has 1 rings (SSSR count). The number of rotatable bonds is 5. The number of nitrogens with one attached hydrogen (secondary N) is 1. The molecule has 96 valence electrons. The highest BCUT2D eigenvalue weighted by Crippen LogP contribution is 2.32. The van der Waals surface area contributed by atoms with E-state index >= 15 is 0 Å². The fraction of sp³-hybridized carbons (Fsp3) is 0.692. The molecule has 2 atom stereocenters. The minimum absolute atomic E-state index is 0.0551. The summed E-state index contributed by atoms with van der Waals surface area (Å²) in [6.45, 7) is 9.27. The van der Waals surface area contributed by atoms with E-state index in [1.165, 1.54) is 0 Å². The predicted octanol–water partition coefficient (Wildman–Crippen LogP) is 2.19. The number of hydrogen-bond donors (Lipinski definition) is 1. The SMILES string of the molecule is CCOC(C(NC)c1cncnc1)C(C)(C)C. The van der Waals surface area contributed by atoms with Gasteiger partial charge in [0.2, 0.25) is 0 Å². The monoisotopic (exact) mass is 237 g/mol. The van der Waals surface area contributed by atoms with Gasteiger partial charge >= 0.3 is 0 Å². The molecular formula is C13H23N3O. The van der Waals surface area contributed by atoms with E-state index in [1.54, 1.807) is 6.33 Å². The van der Waals surface area contributed by atoms with Crippen LogP contribution < -0.4 is 5.32 Å². The normalized spacial score (nSPS) is 15.6. The van der Waals surface area contributed by atoms with E-state index in [1.807, 2.05) is 26.4 Å². The second-order valence-corrected chi connectivity index (χ2v) is 5.18. The van der Waals surface area contributed by atoms with Gasteiger partial charge in [-0.2, -0.15) is 0 Å². The summed E-state index contributed by atoms with van der Waals surface area (Å²) in [5, 5.41) is 3.30. The standard InChI is InChI=1S/C13H23N3O/c1-6-17-12(13(2,3)4)11(14-5)10-7-15-9-16-8-10/h7-9,11-12,14H,6H2,1-5H3. The molecule has 0 saturated carbocycles. The van der Waals surface area contributed by atoms with Gasteiger partial charge in [-0.3, -0.25) is 0 Å². The first-order valence-corrected chi connectivity index (χ1v) is 6.04. The number of hydrogen-bond acceptors (Lipinski definition) is 4. The van der Waals surface area contributed by atoms with Crippen LogP contribution in [0.1, 0.15) is 39.3 Å². The summed E-state index contributed by atoms with van der Waals surface area (Å²) in [4.78, 5) is 8.14. The Morgan fingerprint density at radius 3 is 2.29 bits per heavy atom. The molecule has 0 fully saturated rings. The molecule has 0 aliphatic rings. The van der Waals surface area contributed by atoms with Gasteiger partial charge < -0.3 is 10.1 Å². The van der Waals surface area contributed by atoms with Crippen LogP contribution in [-0.2, 0) is 4.74 Å². The van der Waals surface area contributed by atoms with Crippen molar-refractivity contribution in [3.63, 3.8) is 0 Å². The molecule has 17 heavy (non-hydrogen) atoms. The van der Waals surface area contributed by atoms with Crippen LogP contribution in [0, 0.1) is 5.41 Å². The Bertz CT molecular complexity index is 321. The fourth-order valence-electron chi connectivity index (χ4n) is 1.99. The molecule has 0 aliphatic carbocycles. The zero-order valence-corrected chi connectivity index (χ0v) is 11.4. The molecule has 0 spiro atoms. The van der Waals surface area contributed by atoms with E-state index in [4.69, 9.17) is 4.74 Å². The lowest BCUT2D eigenvalue weighted by molar-refractivity contribution is -0.0352. The smallest absolute Gasteiger partial charge is 0.115 e. The summed E-state index contributed by atoms with van der Waals surface area (Å²) < 4.78 is 5.90. The molecule has 2 unspecified atom stereocenters.